The van der Waals surface area contributed by atoms with Crippen LogP contribution in [0.5, 0.6) is 11.5 Å². The summed E-state index contributed by atoms with van der Waals surface area (Å²) in [5.41, 5.74) is 3.71. The monoisotopic (exact) mass is 411 g/mol. The predicted molar refractivity (Wildman–Crippen MR) is 118 cm³/mol. The number of hydrogen-bond acceptors (Lipinski definition) is 5. The van der Waals surface area contributed by atoms with Crippen molar-refractivity contribution in [1.29, 1.82) is 0 Å². The van der Waals surface area contributed by atoms with Gasteiger partial charge in [0.05, 0.1) is 7.11 Å². The number of nitrogens with one attached hydrogen (secondary N) is 1. The van der Waals surface area contributed by atoms with Gasteiger partial charge in [-0.25, -0.2) is 4.79 Å². The lowest BCUT2D eigenvalue weighted by molar-refractivity contribution is -0.149. The molecule has 1 amide bonds. The molecule has 0 unspecified atom stereocenters. The Morgan fingerprint density at radius 2 is 1.87 bits per heavy atom. The summed E-state index contributed by atoms with van der Waals surface area (Å²) < 4.78 is 15.8. The molecule has 1 N–H and O–H groups in total. The molecule has 0 aliphatic heterocycles. The number of anilines is 1. The van der Waals surface area contributed by atoms with Crippen LogP contribution in [0.15, 0.2) is 42.5 Å². The molecule has 0 saturated carbocycles. The molecule has 0 aliphatic rings. The molecule has 6 nitrogen and oxygen atoms in total. The van der Waals surface area contributed by atoms with Crippen LogP contribution in [0.3, 0.4) is 0 Å². The molecule has 0 heterocycles. The molecular formula is C24H29NO5. The van der Waals surface area contributed by atoms with Gasteiger partial charge >= 0.3 is 5.97 Å². The second-order valence-corrected chi connectivity index (χ2v) is 7.10. The number of rotatable bonds is 9. The van der Waals surface area contributed by atoms with Crippen LogP contribution in [0.4, 0.5) is 5.69 Å². The topological polar surface area (TPSA) is 73.9 Å². The number of allylic oxidation sites excluding steroid dienone is 1. The van der Waals surface area contributed by atoms with E-state index in [-0.39, 0.29) is 19.1 Å². The number of aryl methyl sites for hydroxylation is 1. The van der Waals surface area contributed by atoms with Crippen molar-refractivity contribution in [2.24, 2.45) is 0 Å². The lowest BCUT2D eigenvalue weighted by atomic mass is 9.98. The maximum Gasteiger partial charge on any atom is 0.344 e. The summed E-state index contributed by atoms with van der Waals surface area (Å²) in [7, 11) is 1.53. The SMILES string of the molecule is C/C=C/c1ccc(OCC(=O)OCC(=O)Nc2c(C)cccc2C(C)C)c(OC)c1. The fraction of sp³-hybridized carbons (Fsp3) is 0.333. The highest BCUT2D eigenvalue weighted by Crippen LogP contribution is 2.29. The Morgan fingerprint density at radius 3 is 2.53 bits per heavy atom. The molecular weight excluding hydrogens is 382 g/mol. The average molecular weight is 411 g/mol. The Kier molecular flexibility index (Phi) is 8.47. The van der Waals surface area contributed by atoms with E-state index >= 15 is 0 Å². The Labute approximate surface area is 177 Å². The van der Waals surface area contributed by atoms with Crippen molar-refractivity contribution in [2.45, 2.75) is 33.6 Å². The zero-order valence-electron chi connectivity index (χ0n) is 18.2. The number of para-hydroxylation sites is 1. The largest absolute Gasteiger partial charge is 0.493 e. The summed E-state index contributed by atoms with van der Waals surface area (Å²) in [6.07, 6.45) is 3.84. The fourth-order valence-corrected chi connectivity index (χ4v) is 2.94. The van der Waals surface area contributed by atoms with E-state index < -0.39 is 11.9 Å². The fourth-order valence-electron chi connectivity index (χ4n) is 2.94. The number of methoxy groups -OCH3 is 1. The number of hydrogen-bond donors (Lipinski definition) is 1. The van der Waals surface area contributed by atoms with E-state index in [9.17, 15) is 9.59 Å². The maximum absolute atomic E-state index is 12.3. The number of amides is 1. The third kappa shape index (κ3) is 6.37. The maximum atomic E-state index is 12.3. The second kappa shape index (κ2) is 11.0. The van der Waals surface area contributed by atoms with Gasteiger partial charge in [-0.3, -0.25) is 4.79 Å². The molecule has 0 fully saturated rings. The highest BCUT2D eigenvalue weighted by molar-refractivity contribution is 5.94. The predicted octanol–water partition coefficient (Wildman–Crippen LogP) is 4.72. The van der Waals surface area contributed by atoms with Crippen LogP contribution in [0, 0.1) is 6.92 Å². The zero-order chi connectivity index (χ0) is 22.1. The van der Waals surface area contributed by atoms with Gasteiger partial charge in [-0.1, -0.05) is 50.3 Å². The highest BCUT2D eigenvalue weighted by atomic mass is 16.6. The van der Waals surface area contributed by atoms with Crippen LogP contribution >= 0.6 is 0 Å². The first-order chi connectivity index (χ1) is 14.3. The highest BCUT2D eigenvalue weighted by Gasteiger charge is 2.14. The van der Waals surface area contributed by atoms with E-state index in [4.69, 9.17) is 14.2 Å². The Morgan fingerprint density at radius 1 is 1.10 bits per heavy atom. The van der Waals surface area contributed by atoms with E-state index in [1.54, 1.807) is 6.07 Å². The van der Waals surface area contributed by atoms with Crippen LogP contribution in [0.1, 0.15) is 43.4 Å². The van der Waals surface area contributed by atoms with Crippen LogP contribution in [-0.2, 0) is 14.3 Å². The first kappa shape index (κ1) is 23.0. The van der Waals surface area contributed by atoms with Crippen molar-refractivity contribution >= 4 is 23.6 Å². The smallest absolute Gasteiger partial charge is 0.344 e. The molecule has 0 aliphatic carbocycles. The van der Waals surface area contributed by atoms with Gasteiger partial charge in [0.25, 0.3) is 5.91 Å². The van der Waals surface area contributed by atoms with E-state index in [0.29, 0.717) is 11.5 Å². The van der Waals surface area contributed by atoms with Gasteiger partial charge in [0.15, 0.2) is 24.7 Å². The first-order valence-electron chi connectivity index (χ1n) is 9.84. The van der Waals surface area contributed by atoms with Crippen LogP contribution in [-0.4, -0.2) is 32.2 Å². The van der Waals surface area contributed by atoms with Crippen LogP contribution in [0.25, 0.3) is 6.08 Å². The molecule has 2 rings (SSSR count). The van der Waals surface area contributed by atoms with Crippen LogP contribution in [0.2, 0.25) is 0 Å². The van der Waals surface area contributed by atoms with Crippen molar-refractivity contribution in [1.82, 2.24) is 0 Å². The van der Waals surface area contributed by atoms with E-state index in [1.807, 2.05) is 56.3 Å². The molecule has 0 saturated heterocycles. The summed E-state index contributed by atoms with van der Waals surface area (Å²) in [4.78, 5) is 24.3. The molecule has 0 spiro atoms. The Hall–Kier alpha value is -3.28. The quantitative estimate of drug-likeness (QED) is 0.605. The lowest BCUT2D eigenvalue weighted by Crippen LogP contribution is -2.24. The van der Waals surface area contributed by atoms with E-state index in [2.05, 4.69) is 19.2 Å². The second-order valence-electron chi connectivity index (χ2n) is 7.10. The molecule has 0 aromatic heterocycles. The van der Waals surface area contributed by atoms with Gasteiger partial charge in [0, 0.05) is 5.69 Å². The minimum atomic E-state index is -0.640. The minimum Gasteiger partial charge on any atom is -0.493 e. The lowest BCUT2D eigenvalue weighted by Gasteiger charge is -2.16. The molecule has 2 aromatic rings. The summed E-state index contributed by atoms with van der Waals surface area (Å²) in [5.74, 6) is 0.155. The first-order valence-corrected chi connectivity index (χ1v) is 9.84. The number of benzene rings is 2. The van der Waals surface area contributed by atoms with Gasteiger partial charge in [-0.15, -0.1) is 0 Å². The van der Waals surface area contributed by atoms with Crippen molar-refractivity contribution < 1.29 is 23.8 Å². The summed E-state index contributed by atoms with van der Waals surface area (Å²) >= 11 is 0. The third-order valence-corrected chi connectivity index (χ3v) is 4.45. The van der Waals surface area contributed by atoms with Crippen molar-refractivity contribution in [2.75, 3.05) is 25.6 Å². The van der Waals surface area contributed by atoms with Crippen molar-refractivity contribution in [3.8, 4) is 11.5 Å². The molecule has 0 bridgehead atoms. The van der Waals surface area contributed by atoms with E-state index in [0.717, 1.165) is 22.4 Å². The molecule has 6 heteroatoms. The standard InChI is InChI=1S/C24H29NO5/c1-6-8-18-11-12-20(21(13-18)28-5)29-15-23(27)30-14-22(26)25-24-17(4)9-7-10-19(24)16(2)3/h6-13,16H,14-15H2,1-5H3,(H,25,26)/b8-6+. The zero-order valence-corrected chi connectivity index (χ0v) is 18.2. The van der Waals surface area contributed by atoms with E-state index in [1.165, 1.54) is 7.11 Å². The number of ether oxygens (including phenoxy) is 3. The number of esters is 1. The summed E-state index contributed by atoms with van der Waals surface area (Å²) in [6.45, 7) is 7.25. The van der Waals surface area contributed by atoms with Gasteiger partial charge in [-0.2, -0.15) is 0 Å². The molecule has 30 heavy (non-hydrogen) atoms. The molecule has 160 valence electrons. The van der Waals surface area contributed by atoms with Crippen molar-refractivity contribution in [3.63, 3.8) is 0 Å². The molecule has 2 aromatic carbocycles. The van der Waals surface area contributed by atoms with Gasteiger partial charge in [0.2, 0.25) is 0 Å². The number of carbonyl (C=O) groups is 2. The summed E-state index contributed by atoms with van der Waals surface area (Å²) in [6, 6.07) is 11.2. The minimum absolute atomic E-state index is 0.255. The van der Waals surface area contributed by atoms with Gasteiger partial charge in [-0.05, 0) is 48.6 Å². The molecule has 0 radical (unpaired) electrons. The average Bonchev–Trinajstić information content (AvgIpc) is 2.72. The summed E-state index contributed by atoms with van der Waals surface area (Å²) in [5, 5.41) is 2.84. The molecule has 0 atom stereocenters. The van der Waals surface area contributed by atoms with Crippen LogP contribution < -0.4 is 14.8 Å². The number of carbonyl (C=O) groups excluding carboxylic acids is 2. The van der Waals surface area contributed by atoms with Gasteiger partial charge in [0.1, 0.15) is 0 Å². The third-order valence-electron chi connectivity index (χ3n) is 4.45. The van der Waals surface area contributed by atoms with Crippen molar-refractivity contribution in [3.05, 3.63) is 59.2 Å². The Bertz CT molecular complexity index is 918. The Balaban J connectivity index is 1.89. The van der Waals surface area contributed by atoms with Gasteiger partial charge < -0.3 is 19.5 Å². The normalized spacial score (nSPS) is 10.9.